The standard InChI is InChI=1S/C22H18Cl4N2O4/c23-19(13-7-3-1-4-8-13)21(25)15-11-16(18(28(31)32)12-17(15)27(29)30)22(26)20(24)14-9-5-2-6-10-14/h1-12,19-22,29-30H/q-2/t19-,20+,21+,22+/m1/s1. The van der Waals surface area contributed by atoms with E-state index in [0.29, 0.717) is 11.1 Å². The summed E-state index contributed by atoms with van der Waals surface area (Å²) >= 11 is 26.3. The van der Waals surface area contributed by atoms with Crippen LogP contribution in [0.1, 0.15) is 43.8 Å². The summed E-state index contributed by atoms with van der Waals surface area (Å²) in [5, 5.41) is 38.5. The number of rotatable bonds is 8. The lowest BCUT2D eigenvalue weighted by Gasteiger charge is -2.41. The topological polar surface area (TPSA) is 93.1 Å². The SMILES string of the molecule is [O-]N([O-])c1cc(N(O)O)c([C@H](Cl)[C@H](Cl)c2ccccc2)cc1[C@H](Cl)[C@@H](Cl)c1ccccc1. The summed E-state index contributed by atoms with van der Waals surface area (Å²) in [4.78, 5) is 0. The molecule has 32 heavy (non-hydrogen) atoms. The van der Waals surface area contributed by atoms with Gasteiger partial charge in [-0.25, -0.2) is 0 Å². The van der Waals surface area contributed by atoms with Crippen molar-refractivity contribution in [2.45, 2.75) is 21.5 Å². The maximum Gasteiger partial charge on any atom is 0.101 e. The normalized spacial score (nSPS) is 15.0. The molecule has 4 atom stereocenters. The zero-order chi connectivity index (χ0) is 23.4. The molecule has 2 N–H and O–H groups in total. The number of hydrogen-bond acceptors (Lipinski definition) is 6. The van der Waals surface area contributed by atoms with Crippen molar-refractivity contribution >= 4 is 57.8 Å². The highest BCUT2D eigenvalue weighted by Gasteiger charge is 2.29. The average Bonchev–Trinajstić information content (AvgIpc) is 2.82. The summed E-state index contributed by atoms with van der Waals surface area (Å²) in [5.74, 6) is 0. The van der Waals surface area contributed by atoms with Gasteiger partial charge in [0.05, 0.1) is 21.5 Å². The molecule has 0 amide bonds. The van der Waals surface area contributed by atoms with Crippen molar-refractivity contribution < 1.29 is 10.4 Å². The second-order valence-corrected chi connectivity index (χ2v) is 8.83. The van der Waals surface area contributed by atoms with Gasteiger partial charge < -0.3 is 15.6 Å². The van der Waals surface area contributed by atoms with Crippen molar-refractivity contribution in [1.29, 1.82) is 0 Å². The summed E-state index contributed by atoms with van der Waals surface area (Å²) in [5.41, 5.74) is 0.837. The molecular formula is C22H18Cl4N2O4-2. The maximum atomic E-state index is 11.8. The Hall–Kier alpha value is -1.74. The number of benzene rings is 3. The van der Waals surface area contributed by atoms with Crippen molar-refractivity contribution in [3.63, 3.8) is 0 Å². The minimum atomic E-state index is -1.02. The van der Waals surface area contributed by atoms with Gasteiger partial charge in [-0.3, -0.25) is 10.4 Å². The highest BCUT2D eigenvalue weighted by Crippen LogP contribution is 2.49. The molecule has 0 aliphatic heterocycles. The Balaban J connectivity index is 2.10. The lowest BCUT2D eigenvalue weighted by Crippen LogP contribution is -2.18. The molecule has 0 unspecified atom stereocenters. The first-order valence-electron chi connectivity index (χ1n) is 9.38. The average molecular weight is 516 g/mol. The van der Waals surface area contributed by atoms with Gasteiger partial charge in [-0.05, 0) is 28.8 Å². The molecule has 3 aromatic carbocycles. The molecule has 0 saturated heterocycles. The van der Waals surface area contributed by atoms with Gasteiger partial charge in [0.1, 0.15) is 5.69 Å². The van der Waals surface area contributed by atoms with Gasteiger partial charge in [-0.1, -0.05) is 60.7 Å². The zero-order valence-corrected chi connectivity index (χ0v) is 19.4. The van der Waals surface area contributed by atoms with Crippen molar-refractivity contribution in [2.24, 2.45) is 0 Å². The van der Waals surface area contributed by atoms with Crippen molar-refractivity contribution in [2.75, 3.05) is 10.5 Å². The van der Waals surface area contributed by atoms with Crippen LogP contribution in [-0.2, 0) is 0 Å². The molecule has 170 valence electrons. The Kier molecular flexibility index (Phi) is 8.49. The van der Waals surface area contributed by atoms with E-state index in [0.717, 1.165) is 6.07 Å². The molecular weight excluding hydrogens is 498 g/mol. The van der Waals surface area contributed by atoms with Crippen LogP contribution >= 0.6 is 46.4 Å². The van der Waals surface area contributed by atoms with Crippen LogP contribution in [0, 0.1) is 10.4 Å². The smallest absolute Gasteiger partial charge is 0.101 e. The van der Waals surface area contributed by atoms with Crippen LogP contribution < -0.4 is 10.5 Å². The number of anilines is 2. The lowest BCUT2D eigenvalue weighted by atomic mass is 9.95. The summed E-state index contributed by atoms with van der Waals surface area (Å²) in [6, 6.07) is 20.1. The Morgan fingerprint density at radius 3 is 1.38 bits per heavy atom. The highest BCUT2D eigenvalue weighted by atomic mass is 35.5. The minimum Gasteiger partial charge on any atom is -0.769 e. The Labute approximate surface area is 205 Å². The third kappa shape index (κ3) is 5.42. The number of alkyl halides is 4. The molecule has 0 radical (unpaired) electrons. The van der Waals surface area contributed by atoms with Gasteiger partial charge in [0.15, 0.2) is 0 Å². The Morgan fingerprint density at radius 2 is 1.00 bits per heavy atom. The van der Waals surface area contributed by atoms with Crippen LogP contribution in [0.3, 0.4) is 0 Å². The molecule has 0 aliphatic carbocycles. The van der Waals surface area contributed by atoms with Gasteiger partial charge in [0.25, 0.3) is 0 Å². The molecule has 6 nitrogen and oxygen atoms in total. The zero-order valence-electron chi connectivity index (χ0n) is 16.4. The van der Waals surface area contributed by atoms with Crippen LogP contribution in [0.5, 0.6) is 0 Å². The van der Waals surface area contributed by atoms with E-state index in [1.54, 1.807) is 48.5 Å². The van der Waals surface area contributed by atoms with Gasteiger partial charge in [-0.2, -0.15) is 0 Å². The summed E-state index contributed by atoms with van der Waals surface area (Å²) < 4.78 is 0. The molecule has 3 rings (SSSR count). The molecule has 0 aromatic heterocycles. The molecule has 0 saturated carbocycles. The van der Waals surface area contributed by atoms with E-state index in [4.69, 9.17) is 46.4 Å². The summed E-state index contributed by atoms with van der Waals surface area (Å²) in [6.07, 6.45) is 0. The van der Waals surface area contributed by atoms with E-state index in [-0.39, 0.29) is 22.0 Å². The first-order valence-corrected chi connectivity index (χ1v) is 11.1. The van der Waals surface area contributed by atoms with Crippen LogP contribution in [0.15, 0.2) is 72.8 Å². The summed E-state index contributed by atoms with van der Waals surface area (Å²) in [7, 11) is 0. The van der Waals surface area contributed by atoms with E-state index in [1.807, 2.05) is 12.1 Å². The fourth-order valence-electron chi connectivity index (χ4n) is 3.31. The fourth-order valence-corrected chi connectivity index (χ4v) is 4.51. The molecule has 3 aromatic rings. The second kappa shape index (κ2) is 10.9. The van der Waals surface area contributed by atoms with E-state index in [9.17, 15) is 20.8 Å². The van der Waals surface area contributed by atoms with E-state index >= 15 is 0 Å². The third-order valence-electron chi connectivity index (χ3n) is 4.93. The molecule has 0 fully saturated rings. The molecule has 0 bridgehead atoms. The van der Waals surface area contributed by atoms with Crippen molar-refractivity contribution in [3.05, 3.63) is 105 Å². The predicted octanol–water partition coefficient (Wildman–Crippen LogP) is 7.59. The van der Waals surface area contributed by atoms with E-state index in [1.165, 1.54) is 6.07 Å². The molecule has 0 spiro atoms. The Morgan fingerprint density at radius 1 is 0.594 bits per heavy atom. The molecule has 0 aliphatic rings. The maximum absolute atomic E-state index is 11.8. The monoisotopic (exact) mass is 514 g/mol. The molecule has 10 heteroatoms. The van der Waals surface area contributed by atoms with Crippen LogP contribution in [0.2, 0.25) is 0 Å². The summed E-state index contributed by atoms with van der Waals surface area (Å²) in [6.45, 7) is 0. The number of hydrogen-bond donors (Lipinski definition) is 2. The van der Waals surface area contributed by atoms with Gasteiger partial charge in [0, 0.05) is 11.3 Å². The first-order chi connectivity index (χ1) is 15.2. The number of nitrogens with zero attached hydrogens (tertiary/aromatic N) is 2. The van der Waals surface area contributed by atoms with Gasteiger partial charge in [-0.15, -0.1) is 51.6 Å². The van der Waals surface area contributed by atoms with Gasteiger partial charge in [0.2, 0.25) is 0 Å². The highest BCUT2D eigenvalue weighted by molar-refractivity contribution is 6.31. The van der Waals surface area contributed by atoms with E-state index in [2.05, 4.69) is 0 Å². The number of halogens is 4. The van der Waals surface area contributed by atoms with Crippen molar-refractivity contribution in [3.8, 4) is 0 Å². The van der Waals surface area contributed by atoms with Crippen molar-refractivity contribution in [1.82, 2.24) is 0 Å². The molecule has 0 heterocycles. The van der Waals surface area contributed by atoms with Crippen LogP contribution in [0.25, 0.3) is 0 Å². The Bertz CT molecular complexity index is 946. The largest absolute Gasteiger partial charge is 0.769 e. The quantitative estimate of drug-likeness (QED) is 0.237. The van der Waals surface area contributed by atoms with Crippen LogP contribution in [-0.4, -0.2) is 10.4 Å². The second-order valence-electron chi connectivity index (χ2n) is 6.94. The minimum absolute atomic E-state index is 0.0729. The fraction of sp³-hybridized carbons (Fsp3) is 0.182. The van der Waals surface area contributed by atoms with E-state index < -0.39 is 32.4 Å². The first kappa shape index (κ1) is 24.9. The third-order valence-corrected chi connectivity index (χ3v) is 7.17. The van der Waals surface area contributed by atoms with Crippen LogP contribution in [0.4, 0.5) is 11.4 Å². The van der Waals surface area contributed by atoms with Gasteiger partial charge >= 0.3 is 0 Å². The predicted molar refractivity (Wildman–Crippen MR) is 129 cm³/mol. The lowest BCUT2D eigenvalue weighted by molar-refractivity contribution is 0.0286.